The van der Waals surface area contributed by atoms with Crippen molar-refractivity contribution in [1.82, 2.24) is 4.90 Å². The Morgan fingerprint density at radius 2 is 2.08 bits per heavy atom. The number of aryl methyl sites for hydroxylation is 1. The maximum atomic E-state index is 13.4. The summed E-state index contributed by atoms with van der Waals surface area (Å²) in [6, 6.07) is 6.70. The Balaban J connectivity index is 1.64. The van der Waals surface area contributed by atoms with Gasteiger partial charge < -0.3 is 14.5 Å². The van der Waals surface area contributed by atoms with E-state index in [1.54, 1.807) is 0 Å². The number of nitrogens with zero attached hydrogens (tertiary/aromatic N) is 2. The molecule has 130 valence electrons. The average Bonchev–Trinajstić information content (AvgIpc) is 3.15. The molecule has 0 aliphatic carbocycles. The van der Waals surface area contributed by atoms with Gasteiger partial charge in [-0.2, -0.15) is 11.8 Å². The van der Waals surface area contributed by atoms with E-state index in [1.807, 2.05) is 11.8 Å². The highest BCUT2D eigenvalue weighted by Gasteiger charge is 2.38. The fourth-order valence-corrected chi connectivity index (χ4v) is 5.45. The van der Waals surface area contributed by atoms with Crippen LogP contribution in [0, 0.1) is 6.92 Å². The molecule has 3 heterocycles. The van der Waals surface area contributed by atoms with Crippen LogP contribution in [0.5, 0.6) is 0 Å². The van der Waals surface area contributed by atoms with Crippen LogP contribution >= 0.6 is 11.8 Å². The van der Waals surface area contributed by atoms with Gasteiger partial charge >= 0.3 is 0 Å². The molecule has 3 aliphatic heterocycles. The maximum Gasteiger partial charge on any atom is 0.256 e. The highest BCUT2D eigenvalue weighted by atomic mass is 32.2. The van der Waals surface area contributed by atoms with Gasteiger partial charge in [0.1, 0.15) is 0 Å². The molecule has 2 atom stereocenters. The smallest absolute Gasteiger partial charge is 0.256 e. The first-order chi connectivity index (χ1) is 11.7. The van der Waals surface area contributed by atoms with Crippen molar-refractivity contribution in [1.29, 1.82) is 0 Å². The largest absolute Gasteiger partial charge is 0.380 e. The topological polar surface area (TPSA) is 32.8 Å². The van der Waals surface area contributed by atoms with Crippen molar-refractivity contribution in [3.05, 3.63) is 29.3 Å². The number of fused-ring (bicyclic) bond motifs is 1. The van der Waals surface area contributed by atoms with Crippen LogP contribution in [0.3, 0.4) is 0 Å². The maximum absolute atomic E-state index is 13.4. The Kier molecular flexibility index (Phi) is 4.72. The number of hydrogen-bond acceptors (Lipinski definition) is 4. The summed E-state index contributed by atoms with van der Waals surface area (Å²) in [5.41, 5.74) is 3.19. The first kappa shape index (κ1) is 16.3. The summed E-state index contributed by atoms with van der Waals surface area (Å²) in [7, 11) is 0. The van der Waals surface area contributed by atoms with Gasteiger partial charge in [-0.15, -0.1) is 0 Å². The molecule has 0 spiro atoms. The first-order valence-electron chi connectivity index (χ1n) is 9.10. The van der Waals surface area contributed by atoms with Crippen molar-refractivity contribution in [2.24, 2.45) is 0 Å². The number of hydrogen-bond donors (Lipinski definition) is 0. The summed E-state index contributed by atoms with van der Waals surface area (Å²) in [6.45, 7) is 6.63. The molecule has 0 saturated carbocycles. The number of anilines is 1. The Morgan fingerprint density at radius 3 is 2.92 bits per heavy atom. The number of amides is 1. The highest BCUT2D eigenvalue weighted by Crippen LogP contribution is 2.33. The van der Waals surface area contributed by atoms with E-state index in [1.165, 1.54) is 12.8 Å². The van der Waals surface area contributed by atoms with Gasteiger partial charge in [-0.3, -0.25) is 4.79 Å². The van der Waals surface area contributed by atoms with Crippen LogP contribution in [0.2, 0.25) is 0 Å². The second-order valence-electron chi connectivity index (χ2n) is 7.05. The summed E-state index contributed by atoms with van der Waals surface area (Å²) in [4.78, 5) is 18.0. The molecule has 1 aromatic rings. The zero-order chi connectivity index (χ0) is 16.5. The van der Waals surface area contributed by atoms with Crippen LogP contribution in [-0.4, -0.2) is 60.7 Å². The van der Waals surface area contributed by atoms with Gasteiger partial charge in [0, 0.05) is 49.0 Å². The van der Waals surface area contributed by atoms with Gasteiger partial charge in [0.2, 0.25) is 0 Å². The van der Waals surface area contributed by atoms with E-state index in [0.717, 1.165) is 61.8 Å². The molecular formula is C19H26N2O2S. The molecule has 3 fully saturated rings. The molecule has 0 unspecified atom stereocenters. The lowest BCUT2D eigenvalue weighted by Crippen LogP contribution is -2.54. The Labute approximate surface area is 148 Å². The molecule has 3 aliphatic rings. The minimum Gasteiger partial charge on any atom is -0.380 e. The fraction of sp³-hybridized carbons (Fsp3) is 0.632. The zero-order valence-electron chi connectivity index (χ0n) is 14.4. The lowest BCUT2D eigenvalue weighted by atomic mass is 10.0. The standard InChI is InChI=1S/C19H26N2O2S/c1-14-4-5-16(20-7-2-3-8-20)15(12-14)19(22)21-9-11-24-18-13-23-10-6-17(18)21/h4-5,12,17-18H,2-3,6-11,13H2,1H3/t17-,18+/m0/s1. The quantitative estimate of drug-likeness (QED) is 0.824. The van der Waals surface area contributed by atoms with Crippen LogP contribution in [0.25, 0.3) is 0 Å². The van der Waals surface area contributed by atoms with E-state index in [-0.39, 0.29) is 5.91 Å². The Morgan fingerprint density at radius 1 is 1.25 bits per heavy atom. The molecule has 0 radical (unpaired) electrons. The van der Waals surface area contributed by atoms with E-state index in [4.69, 9.17) is 4.74 Å². The minimum atomic E-state index is 0.220. The predicted octanol–water partition coefficient (Wildman–Crippen LogP) is 2.94. The van der Waals surface area contributed by atoms with Crippen molar-refractivity contribution in [3.63, 3.8) is 0 Å². The second kappa shape index (κ2) is 6.96. The number of carbonyl (C=O) groups is 1. The molecule has 1 aromatic carbocycles. The summed E-state index contributed by atoms with van der Waals surface area (Å²) < 4.78 is 5.63. The highest BCUT2D eigenvalue weighted by molar-refractivity contribution is 8.00. The van der Waals surface area contributed by atoms with E-state index >= 15 is 0 Å². The normalized spacial score (nSPS) is 27.2. The SMILES string of the molecule is Cc1ccc(N2CCCC2)c(C(=O)N2CCS[C@@H]3COCC[C@@H]32)c1. The van der Waals surface area contributed by atoms with Gasteiger partial charge in [-0.1, -0.05) is 11.6 Å². The van der Waals surface area contributed by atoms with Gasteiger partial charge in [0.05, 0.1) is 12.2 Å². The fourth-order valence-electron chi connectivity index (χ4n) is 4.15. The molecule has 24 heavy (non-hydrogen) atoms. The molecule has 1 amide bonds. The molecule has 0 bridgehead atoms. The summed E-state index contributed by atoms with van der Waals surface area (Å²) in [5.74, 6) is 1.24. The number of thioether (sulfide) groups is 1. The molecule has 0 aromatic heterocycles. The summed E-state index contributed by atoms with van der Waals surface area (Å²) in [6.07, 6.45) is 3.42. The Bertz CT molecular complexity index is 613. The molecule has 4 rings (SSSR count). The van der Waals surface area contributed by atoms with Crippen molar-refractivity contribution < 1.29 is 9.53 Å². The van der Waals surface area contributed by atoms with Crippen molar-refractivity contribution in [3.8, 4) is 0 Å². The van der Waals surface area contributed by atoms with Crippen molar-refractivity contribution in [2.45, 2.75) is 37.5 Å². The number of benzene rings is 1. The third-order valence-corrected chi connectivity index (χ3v) is 6.72. The van der Waals surface area contributed by atoms with E-state index in [9.17, 15) is 4.79 Å². The summed E-state index contributed by atoms with van der Waals surface area (Å²) >= 11 is 1.97. The third kappa shape index (κ3) is 3.04. The third-order valence-electron chi connectivity index (χ3n) is 5.42. The first-order valence-corrected chi connectivity index (χ1v) is 10.1. The molecule has 5 heteroatoms. The van der Waals surface area contributed by atoms with Crippen LogP contribution in [-0.2, 0) is 4.74 Å². The van der Waals surface area contributed by atoms with Gasteiger partial charge in [-0.25, -0.2) is 0 Å². The Hall–Kier alpha value is -1.20. The minimum absolute atomic E-state index is 0.220. The zero-order valence-corrected chi connectivity index (χ0v) is 15.2. The molecule has 3 saturated heterocycles. The molecular weight excluding hydrogens is 320 g/mol. The summed E-state index contributed by atoms with van der Waals surface area (Å²) in [5, 5.41) is 0.441. The van der Waals surface area contributed by atoms with E-state index < -0.39 is 0 Å². The lowest BCUT2D eigenvalue weighted by molar-refractivity contribution is 0.0319. The van der Waals surface area contributed by atoms with E-state index in [2.05, 4.69) is 34.9 Å². The monoisotopic (exact) mass is 346 g/mol. The van der Waals surface area contributed by atoms with Crippen LogP contribution in [0.15, 0.2) is 18.2 Å². The second-order valence-corrected chi connectivity index (χ2v) is 8.40. The van der Waals surface area contributed by atoms with Gasteiger partial charge in [-0.05, 0) is 38.3 Å². The van der Waals surface area contributed by atoms with Crippen LogP contribution in [0.4, 0.5) is 5.69 Å². The van der Waals surface area contributed by atoms with Gasteiger partial charge in [0.15, 0.2) is 0 Å². The van der Waals surface area contributed by atoms with Crippen LogP contribution in [0.1, 0.15) is 35.2 Å². The lowest BCUT2D eigenvalue weighted by Gasteiger charge is -2.43. The van der Waals surface area contributed by atoms with Crippen LogP contribution < -0.4 is 4.90 Å². The molecule has 4 nitrogen and oxygen atoms in total. The molecule has 0 N–H and O–H groups in total. The average molecular weight is 346 g/mol. The predicted molar refractivity (Wildman–Crippen MR) is 99.1 cm³/mol. The number of ether oxygens (including phenoxy) is 1. The van der Waals surface area contributed by atoms with E-state index in [0.29, 0.717) is 11.3 Å². The number of rotatable bonds is 2. The van der Waals surface area contributed by atoms with Gasteiger partial charge in [0.25, 0.3) is 5.91 Å². The number of carbonyl (C=O) groups excluding carboxylic acids is 1. The van der Waals surface area contributed by atoms with Crippen molar-refractivity contribution in [2.75, 3.05) is 43.5 Å². The van der Waals surface area contributed by atoms with Crippen molar-refractivity contribution >= 4 is 23.4 Å².